The van der Waals surface area contributed by atoms with Gasteiger partial charge in [0, 0.05) is 26.2 Å². The van der Waals surface area contributed by atoms with E-state index >= 15 is 0 Å². The Morgan fingerprint density at radius 2 is 1.64 bits per heavy atom. The Hall–Kier alpha value is -0.860. The molecule has 0 amide bonds. The highest BCUT2D eigenvalue weighted by Gasteiger charge is 2.08. The molecule has 1 atom stereocenters. The molecule has 162 valence electrons. The Kier molecular flexibility index (Phi) is 16.5. The van der Waals surface area contributed by atoms with Gasteiger partial charge in [0.15, 0.2) is 5.96 Å². The number of hydrogen-bond acceptors (Lipinski definition) is 3. The van der Waals surface area contributed by atoms with Gasteiger partial charge in [-0.1, -0.05) is 51.5 Å². The van der Waals surface area contributed by atoms with Gasteiger partial charge in [-0.05, 0) is 49.9 Å². The van der Waals surface area contributed by atoms with Gasteiger partial charge in [0.05, 0.1) is 6.54 Å². The molecule has 0 aromatic heterocycles. The van der Waals surface area contributed by atoms with Gasteiger partial charge in [-0.3, -0.25) is 4.90 Å². The zero-order valence-electron chi connectivity index (χ0n) is 18.2. The molecule has 1 unspecified atom stereocenters. The van der Waals surface area contributed by atoms with Gasteiger partial charge < -0.3 is 15.7 Å². The first-order valence-electron chi connectivity index (χ1n) is 10.6. The molecule has 0 bridgehead atoms. The summed E-state index contributed by atoms with van der Waals surface area (Å²) in [5, 5.41) is 16.0. The summed E-state index contributed by atoms with van der Waals surface area (Å²) in [5.74, 6) is 1.34. The highest BCUT2D eigenvalue weighted by atomic mass is 127. The number of rotatable bonds is 13. The predicted octanol–water partition coefficient (Wildman–Crippen LogP) is 4.00. The molecule has 0 saturated heterocycles. The molecule has 0 spiro atoms. The van der Waals surface area contributed by atoms with Gasteiger partial charge in [0.25, 0.3) is 0 Å². The van der Waals surface area contributed by atoms with E-state index in [4.69, 9.17) is 4.99 Å². The van der Waals surface area contributed by atoms with Gasteiger partial charge in [-0.25, -0.2) is 4.99 Å². The number of nitrogens with zero attached hydrogens (tertiary/aromatic N) is 2. The summed E-state index contributed by atoms with van der Waals surface area (Å²) in [6.45, 7) is 14.4. The summed E-state index contributed by atoms with van der Waals surface area (Å²) in [4.78, 5) is 7.14. The summed E-state index contributed by atoms with van der Waals surface area (Å²) in [5.41, 5.74) is 2.57. The third-order valence-electron chi connectivity index (χ3n) is 4.88. The van der Waals surface area contributed by atoms with Crippen molar-refractivity contribution in [2.24, 2.45) is 10.9 Å². The van der Waals surface area contributed by atoms with E-state index < -0.39 is 0 Å². The fourth-order valence-corrected chi connectivity index (χ4v) is 3.15. The molecule has 0 aliphatic carbocycles. The van der Waals surface area contributed by atoms with Crippen molar-refractivity contribution < 1.29 is 5.11 Å². The van der Waals surface area contributed by atoms with Crippen LogP contribution in [0.1, 0.15) is 58.1 Å². The van der Waals surface area contributed by atoms with Gasteiger partial charge >= 0.3 is 0 Å². The van der Waals surface area contributed by atoms with Crippen LogP contribution in [-0.2, 0) is 13.1 Å². The van der Waals surface area contributed by atoms with Crippen molar-refractivity contribution in [3.63, 3.8) is 0 Å². The molecule has 28 heavy (non-hydrogen) atoms. The Morgan fingerprint density at radius 1 is 1.00 bits per heavy atom. The molecule has 1 aromatic rings. The van der Waals surface area contributed by atoms with Crippen LogP contribution in [0.3, 0.4) is 0 Å². The lowest BCUT2D eigenvalue weighted by atomic mass is 10.0. The molecule has 0 heterocycles. The van der Waals surface area contributed by atoms with Crippen molar-refractivity contribution in [2.75, 3.05) is 32.8 Å². The highest BCUT2D eigenvalue weighted by Crippen LogP contribution is 2.10. The van der Waals surface area contributed by atoms with Crippen LogP contribution in [0.15, 0.2) is 29.3 Å². The van der Waals surface area contributed by atoms with Crippen molar-refractivity contribution in [1.82, 2.24) is 15.5 Å². The summed E-state index contributed by atoms with van der Waals surface area (Å²) < 4.78 is 0. The Balaban J connectivity index is 0.00000729. The van der Waals surface area contributed by atoms with E-state index in [0.717, 1.165) is 57.9 Å². The van der Waals surface area contributed by atoms with E-state index in [9.17, 15) is 5.11 Å². The molecule has 1 rings (SSSR count). The van der Waals surface area contributed by atoms with E-state index in [0.29, 0.717) is 12.5 Å². The van der Waals surface area contributed by atoms with Crippen molar-refractivity contribution >= 4 is 29.9 Å². The van der Waals surface area contributed by atoms with Crippen LogP contribution in [0.2, 0.25) is 0 Å². The lowest BCUT2D eigenvalue weighted by molar-refractivity contribution is 0.251. The quantitative estimate of drug-likeness (QED) is 0.216. The summed E-state index contributed by atoms with van der Waals surface area (Å²) in [6, 6.07) is 8.78. The lowest BCUT2D eigenvalue weighted by Gasteiger charge is -2.18. The number of aliphatic hydroxyl groups excluding tert-OH is 1. The van der Waals surface area contributed by atoms with Crippen LogP contribution in [0.4, 0.5) is 0 Å². The fraction of sp³-hybridized carbons (Fsp3) is 0.682. The molecule has 0 radical (unpaired) electrons. The second-order valence-electron chi connectivity index (χ2n) is 7.02. The van der Waals surface area contributed by atoms with Crippen LogP contribution < -0.4 is 10.6 Å². The Bertz CT molecular complexity index is 512. The van der Waals surface area contributed by atoms with E-state index in [1.807, 2.05) is 0 Å². The largest absolute Gasteiger partial charge is 0.396 e. The van der Waals surface area contributed by atoms with Crippen molar-refractivity contribution in [2.45, 2.75) is 60.0 Å². The summed E-state index contributed by atoms with van der Waals surface area (Å²) in [6.07, 6.45) is 3.11. The first-order chi connectivity index (χ1) is 13.2. The normalized spacial score (nSPS) is 12.6. The van der Waals surface area contributed by atoms with Crippen LogP contribution in [0, 0.1) is 5.92 Å². The topological polar surface area (TPSA) is 59.9 Å². The van der Waals surface area contributed by atoms with Crippen molar-refractivity contribution in [3.8, 4) is 0 Å². The molecule has 6 heteroatoms. The van der Waals surface area contributed by atoms with Crippen molar-refractivity contribution in [3.05, 3.63) is 35.4 Å². The number of nitrogens with one attached hydrogen (secondary N) is 2. The van der Waals surface area contributed by atoms with Gasteiger partial charge in [0.1, 0.15) is 0 Å². The Morgan fingerprint density at radius 3 is 2.18 bits per heavy atom. The number of aliphatic hydroxyl groups is 1. The maximum atomic E-state index is 9.22. The molecule has 1 aromatic carbocycles. The molecule has 3 N–H and O–H groups in total. The molecule has 0 aliphatic heterocycles. The minimum atomic E-state index is 0. The first kappa shape index (κ1) is 27.1. The third-order valence-corrected chi connectivity index (χ3v) is 4.88. The minimum absolute atomic E-state index is 0. The average Bonchev–Trinajstić information content (AvgIpc) is 2.69. The second kappa shape index (κ2) is 17.0. The zero-order valence-corrected chi connectivity index (χ0v) is 20.5. The molecule has 0 saturated carbocycles. The number of guanidine groups is 1. The smallest absolute Gasteiger partial charge is 0.191 e. The molecular weight excluding hydrogens is 463 g/mol. The summed E-state index contributed by atoms with van der Waals surface area (Å²) >= 11 is 0. The lowest BCUT2D eigenvalue weighted by Crippen LogP contribution is -2.40. The monoisotopic (exact) mass is 504 g/mol. The second-order valence-corrected chi connectivity index (χ2v) is 7.02. The SMILES string of the molecule is CCCC(CCO)CNC(=NCc1ccc(CN(CC)CC)cc1)NCC.I. The van der Waals surface area contributed by atoms with Crippen LogP contribution in [-0.4, -0.2) is 48.8 Å². The molecule has 5 nitrogen and oxygen atoms in total. The maximum Gasteiger partial charge on any atom is 0.191 e. The maximum absolute atomic E-state index is 9.22. The summed E-state index contributed by atoms with van der Waals surface area (Å²) in [7, 11) is 0. The predicted molar refractivity (Wildman–Crippen MR) is 131 cm³/mol. The molecular formula is C22H41IN4O. The Labute approximate surface area is 189 Å². The third kappa shape index (κ3) is 11.2. The number of benzene rings is 1. The number of halogens is 1. The van der Waals surface area contributed by atoms with Gasteiger partial charge in [0.2, 0.25) is 0 Å². The van der Waals surface area contributed by atoms with E-state index in [1.54, 1.807) is 0 Å². The standard InChI is InChI=1S/C22H40N4O.HI/c1-5-9-19(14-15-27)16-24-22(23-6-2)25-17-20-10-12-21(13-11-20)18-26(7-3)8-4;/h10-13,19,27H,5-9,14-18H2,1-4H3,(H2,23,24,25);1H. The first-order valence-corrected chi connectivity index (χ1v) is 10.6. The van der Waals surface area contributed by atoms with Crippen LogP contribution >= 0.6 is 24.0 Å². The number of hydrogen-bond donors (Lipinski definition) is 3. The molecule has 0 fully saturated rings. The minimum Gasteiger partial charge on any atom is -0.396 e. The van der Waals surface area contributed by atoms with Crippen LogP contribution in [0.25, 0.3) is 0 Å². The fourth-order valence-electron chi connectivity index (χ4n) is 3.15. The van der Waals surface area contributed by atoms with E-state index in [-0.39, 0.29) is 30.6 Å². The number of aliphatic imine (C=N–C) groups is 1. The van der Waals surface area contributed by atoms with Crippen LogP contribution in [0.5, 0.6) is 0 Å². The van der Waals surface area contributed by atoms with E-state index in [1.165, 1.54) is 11.1 Å². The van der Waals surface area contributed by atoms with Gasteiger partial charge in [-0.2, -0.15) is 0 Å². The average molecular weight is 505 g/mol. The van der Waals surface area contributed by atoms with E-state index in [2.05, 4.69) is 67.5 Å². The van der Waals surface area contributed by atoms with Crippen molar-refractivity contribution in [1.29, 1.82) is 0 Å². The zero-order chi connectivity index (χ0) is 19.9. The van der Waals surface area contributed by atoms with Gasteiger partial charge in [-0.15, -0.1) is 24.0 Å². The highest BCUT2D eigenvalue weighted by molar-refractivity contribution is 14.0. The molecule has 0 aliphatic rings.